The number of carbonyl (C=O) groups is 1. The zero-order valence-corrected chi connectivity index (χ0v) is 12.7. The Morgan fingerprint density at radius 3 is 2.56 bits per heavy atom. The van der Waals surface area contributed by atoms with Gasteiger partial charge in [-0.3, -0.25) is 4.79 Å². The van der Waals surface area contributed by atoms with Gasteiger partial charge >= 0.3 is 0 Å². The minimum Gasteiger partial charge on any atom is -0.362 e. The maximum atomic E-state index is 11.8. The molecule has 0 heterocycles. The predicted octanol–water partition coefficient (Wildman–Crippen LogP) is 1.82. The highest BCUT2D eigenvalue weighted by Gasteiger charge is 2.14. The van der Waals surface area contributed by atoms with Crippen LogP contribution in [0.1, 0.15) is 12.5 Å². The van der Waals surface area contributed by atoms with Crippen molar-refractivity contribution in [2.45, 2.75) is 13.5 Å². The topological polar surface area (TPSA) is 49.6 Å². The van der Waals surface area contributed by atoms with Crippen LogP contribution >= 0.6 is 15.9 Å². The molecule has 0 aromatic heterocycles. The molecule has 0 radical (unpaired) electrons. The van der Waals surface area contributed by atoms with Crippen LogP contribution in [0.15, 0.2) is 22.7 Å². The molecule has 1 aromatic rings. The zero-order chi connectivity index (χ0) is 13.7. The van der Waals surface area contributed by atoms with Gasteiger partial charge in [0.05, 0.1) is 6.54 Å². The molecular weight excluding hydrogens is 294 g/mol. The first-order valence-corrected chi connectivity index (χ1v) is 6.72. The van der Waals surface area contributed by atoms with Gasteiger partial charge in [-0.1, -0.05) is 15.9 Å². The number of hydrogen-bond acceptors (Lipinski definition) is 3. The Morgan fingerprint density at radius 2 is 2.06 bits per heavy atom. The molecule has 0 fully saturated rings. The lowest BCUT2D eigenvalue weighted by Crippen LogP contribution is -2.37. The molecule has 1 amide bonds. The summed E-state index contributed by atoms with van der Waals surface area (Å²) in [4.78, 5) is 15.4. The van der Waals surface area contributed by atoms with E-state index in [1.54, 1.807) is 19.0 Å². The van der Waals surface area contributed by atoms with E-state index in [1.807, 2.05) is 30.0 Å². The number of amides is 1. The average molecular weight is 314 g/mol. The Balaban J connectivity index is 2.98. The number of hydrogen-bond donors (Lipinski definition) is 1. The van der Waals surface area contributed by atoms with Crippen LogP contribution < -0.4 is 10.6 Å². The lowest BCUT2D eigenvalue weighted by atomic mass is 10.1. The third kappa shape index (κ3) is 3.71. The van der Waals surface area contributed by atoms with E-state index in [0.29, 0.717) is 13.1 Å². The number of likely N-dealkylation sites (N-methyl/N-ethyl adjacent to an activating group) is 2. The van der Waals surface area contributed by atoms with Gasteiger partial charge < -0.3 is 15.5 Å². The third-order valence-electron chi connectivity index (χ3n) is 2.81. The summed E-state index contributed by atoms with van der Waals surface area (Å²) in [5.74, 6) is 0.0859. The predicted molar refractivity (Wildman–Crippen MR) is 78.6 cm³/mol. The van der Waals surface area contributed by atoms with Crippen LogP contribution in [-0.2, 0) is 11.3 Å². The molecule has 0 atom stereocenters. The van der Waals surface area contributed by atoms with Gasteiger partial charge in [-0.05, 0) is 30.7 Å². The standard InChI is InChI=1S/C13H20BrN3O/c1-4-17(9-13(18)16(2)3)12-6-5-11(14)7-10(12)8-15/h5-7H,4,8-9,15H2,1-3H3. The fraction of sp³-hybridized carbons (Fsp3) is 0.462. The van der Waals surface area contributed by atoms with Gasteiger partial charge in [0.15, 0.2) is 0 Å². The Kier molecular flexibility index (Phi) is 5.62. The molecule has 18 heavy (non-hydrogen) atoms. The van der Waals surface area contributed by atoms with E-state index in [9.17, 15) is 4.79 Å². The van der Waals surface area contributed by atoms with Crippen molar-refractivity contribution in [1.29, 1.82) is 0 Å². The summed E-state index contributed by atoms with van der Waals surface area (Å²) in [5.41, 5.74) is 7.83. The van der Waals surface area contributed by atoms with Crippen LogP contribution in [0.4, 0.5) is 5.69 Å². The Labute approximate surface area is 117 Å². The molecule has 0 unspecified atom stereocenters. The van der Waals surface area contributed by atoms with Gasteiger partial charge in [0.1, 0.15) is 0 Å². The summed E-state index contributed by atoms with van der Waals surface area (Å²) in [6.07, 6.45) is 0. The van der Waals surface area contributed by atoms with Crippen LogP contribution in [0.25, 0.3) is 0 Å². The number of rotatable bonds is 5. The van der Waals surface area contributed by atoms with Gasteiger partial charge in [-0.15, -0.1) is 0 Å². The van der Waals surface area contributed by atoms with Crippen LogP contribution in [0.3, 0.4) is 0 Å². The maximum Gasteiger partial charge on any atom is 0.241 e. The lowest BCUT2D eigenvalue weighted by Gasteiger charge is -2.26. The average Bonchev–Trinajstić information content (AvgIpc) is 2.35. The van der Waals surface area contributed by atoms with Gasteiger partial charge in [0, 0.05) is 37.3 Å². The van der Waals surface area contributed by atoms with Crippen molar-refractivity contribution < 1.29 is 4.79 Å². The summed E-state index contributed by atoms with van der Waals surface area (Å²) in [6, 6.07) is 5.97. The number of halogens is 1. The van der Waals surface area contributed by atoms with E-state index < -0.39 is 0 Å². The zero-order valence-electron chi connectivity index (χ0n) is 11.1. The second-order valence-electron chi connectivity index (χ2n) is 4.28. The minimum atomic E-state index is 0.0859. The summed E-state index contributed by atoms with van der Waals surface area (Å²) < 4.78 is 1.00. The fourth-order valence-electron chi connectivity index (χ4n) is 1.70. The second kappa shape index (κ2) is 6.75. The maximum absolute atomic E-state index is 11.8. The number of nitrogens with two attached hydrogens (primary N) is 1. The molecule has 1 aromatic carbocycles. The van der Waals surface area contributed by atoms with E-state index in [-0.39, 0.29) is 5.91 Å². The third-order valence-corrected chi connectivity index (χ3v) is 3.30. The number of nitrogens with zero attached hydrogens (tertiary/aromatic N) is 2. The normalized spacial score (nSPS) is 10.3. The first kappa shape index (κ1) is 15.0. The SMILES string of the molecule is CCN(CC(=O)N(C)C)c1ccc(Br)cc1CN. The highest BCUT2D eigenvalue weighted by molar-refractivity contribution is 9.10. The number of anilines is 1. The molecule has 0 spiro atoms. The van der Waals surface area contributed by atoms with E-state index >= 15 is 0 Å². The molecule has 4 nitrogen and oxygen atoms in total. The van der Waals surface area contributed by atoms with Gasteiger partial charge in [-0.25, -0.2) is 0 Å². The molecule has 0 saturated carbocycles. The first-order chi connectivity index (χ1) is 8.49. The monoisotopic (exact) mass is 313 g/mol. The summed E-state index contributed by atoms with van der Waals surface area (Å²) in [7, 11) is 3.53. The summed E-state index contributed by atoms with van der Waals surface area (Å²) in [5, 5.41) is 0. The Bertz CT molecular complexity index is 421. The van der Waals surface area contributed by atoms with Crippen LogP contribution in [0.2, 0.25) is 0 Å². The van der Waals surface area contributed by atoms with E-state index in [2.05, 4.69) is 15.9 Å². The molecule has 2 N–H and O–H groups in total. The van der Waals surface area contributed by atoms with Crippen LogP contribution in [-0.4, -0.2) is 38.0 Å². The van der Waals surface area contributed by atoms with Crippen LogP contribution in [0.5, 0.6) is 0 Å². The molecule has 5 heteroatoms. The van der Waals surface area contributed by atoms with Crippen molar-refractivity contribution in [3.05, 3.63) is 28.2 Å². The lowest BCUT2D eigenvalue weighted by molar-refractivity contribution is -0.127. The van der Waals surface area contributed by atoms with Crippen molar-refractivity contribution in [3.8, 4) is 0 Å². The largest absolute Gasteiger partial charge is 0.362 e. The minimum absolute atomic E-state index is 0.0859. The van der Waals surface area contributed by atoms with Crippen molar-refractivity contribution in [1.82, 2.24) is 4.90 Å². The molecule has 0 aliphatic rings. The molecular formula is C13H20BrN3O. The smallest absolute Gasteiger partial charge is 0.241 e. The highest BCUT2D eigenvalue weighted by atomic mass is 79.9. The Morgan fingerprint density at radius 1 is 1.39 bits per heavy atom. The van der Waals surface area contributed by atoms with Gasteiger partial charge in [0.25, 0.3) is 0 Å². The summed E-state index contributed by atoms with van der Waals surface area (Å²) >= 11 is 3.43. The van der Waals surface area contributed by atoms with E-state index in [1.165, 1.54) is 0 Å². The molecule has 0 saturated heterocycles. The molecule has 100 valence electrons. The molecule has 0 aliphatic carbocycles. The van der Waals surface area contributed by atoms with Gasteiger partial charge in [-0.2, -0.15) is 0 Å². The van der Waals surface area contributed by atoms with Crippen molar-refractivity contribution in [3.63, 3.8) is 0 Å². The quantitative estimate of drug-likeness (QED) is 0.902. The Hall–Kier alpha value is -1.07. The molecule has 1 rings (SSSR count). The van der Waals surface area contributed by atoms with E-state index in [0.717, 1.165) is 22.3 Å². The fourth-order valence-corrected chi connectivity index (χ4v) is 2.11. The van der Waals surface area contributed by atoms with E-state index in [4.69, 9.17) is 5.73 Å². The highest BCUT2D eigenvalue weighted by Crippen LogP contribution is 2.24. The van der Waals surface area contributed by atoms with Crippen molar-refractivity contribution in [2.24, 2.45) is 5.73 Å². The van der Waals surface area contributed by atoms with Crippen molar-refractivity contribution >= 4 is 27.5 Å². The van der Waals surface area contributed by atoms with Gasteiger partial charge in [0.2, 0.25) is 5.91 Å². The van der Waals surface area contributed by atoms with Crippen LogP contribution in [0, 0.1) is 0 Å². The summed E-state index contributed by atoms with van der Waals surface area (Å²) in [6.45, 7) is 3.64. The van der Waals surface area contributed by atoms with Crippen molar-refractivity contribution in [2.75, 3.05) is 32.1 Å². The first-order valence-electron chi connectivity index (χ1n) is 5.93. The second-order valence-corrected chi connectivity index (χ2v) is 5.20. The molecule has 0 aliphatic heterocycles. The number of benzene rings is 1. The number of carbonyl (C=O) groups excluding carboxylic acids is 1. The molecule has 0 bridgehead atoms.